The number of aromatic nitrogens is 2. The lowest BCUT2D eigenvalue weighted by Gasteiger charge is -2.18. The van der Waals surface area contributed by atoms with Crippen LogP contribution in [0.15, 0.2) is 18.2 Å². The highest BCUT2D eigenvalue weighted by molar-refractivity contribution is 5.86. The fourth-order valence-corrected chi connectivity index (χ4v) is 2.52. The lowest BCUT2D eigenvalue weighted by Crippen LogP contribution is -2.05. The molecular weight excluding hydrogens is 275 g/mol. The molecule has 0 bridgehead atoms. The molecule has 5 nitrogen and oxygen atoms in total. The van der Waals surface area contributed by atoms with E-state index >= 15 is 0 Å². The molecule has 0 aliphatic heterocycles. The van der Waals surface area contributed by atoms with E-state index in [2.05, 4.69) is 9.97 Å². The summed E-state index contributed by atoms with van der Waals surface area (Å²) in [6.45, 7) is 0. The summed E-state index contributed by atoms with van der Waals surface area (Å²) in [6.07, 6.45) is 2.62. The Labute approximate surface area is 120 Å². The molecule has 1 aliphatic carbocycles. The molecule has 2 aromatic rings. The van der Waals surface area contributed by atoms with Gasteiger partial charge in [-0.2, -0.15) is 9.97 Å². The molecule has 1 aliphatic rings. The van der Waals surface area contributed by atoms with Crippen molar-refractivity contribution in [2.24, 2.45) is 0 Å². The van der Waals surface area contributed by atoms with Crippen LogP contribution in [0, 0.1) is 5.82 Å². The normalized spacial score (nSPS) is 13.5. The van der Waals surface area contributed by atoms with Crippen molar-refractivity contribution in [1.29, 1.82) is 0 Å². The van der Waals surface area contributed by atoms with Gasteiger partial charge in [0.15, 0.2) is 0 Å². The first-order chi connectivity index (χ1) is 10.1. The van der Waals surface area contributed by atoms with Gasteiger partial charge < -0.3 is 14.9 Å². The van der Waals surface area contributed by atoms with Crippen molar-refractivity contribution in [3.05, 3.63) is 40.8 Å². The van der Waals surface area contributed by atoms with Gasteiger partial charge in [0.25, 0.3) is 0 Å². The van der Waals surface area contributed by atoms with E-state index in [1.165, 1.54) is 13.2 Å². The smallest absolute Gasteiger partial charge is 0.317 e. The van der Waals surface area contributed by atoms with Crippen molar-refractivity contribution in [3.8, 4) is 17.6 Å². The van der Waals surface area contributed by atoms with E-state index in [4.69, 9.17) is 4.74 Å². The largest absolute Gasteiger partial charge is 0.496 e. The molecule has 2 N–H and O–H groups in total. The Hall–Kier alpha value is -2.63. The zero-order valence-corrected chi connectivity index (χ0v) is 11.3. The molecule has 6 heteroatoms. The van der Waals surface area contributed by atoms with Crippen LogP contribution >= 0.6 is 0 Å². The standard InChI is InChI=1S/C15H13FN2O3/c1-21-12-4-2-3-10(16)13(12)8-5-6-9-11(7-8)17-15(20)18-14(9)19/h2-4,7H,5-6H2,1H3,(H2,17,18,19,20). The Morgan fingerprint density at radius 3 is 2.76 bits per heavy atom. The fraction of sp³-hybridized carbons (Fsp3) is 0.200. The molecule has 0 saturated carbocycles. The highest BCUT2D eigenvalue weighted by Gasteiger charge is 2.22. The second kappa shape index (κ2) is 5.05. The van der Waals surface area contributed by atoms with Crippen LogP contribution in [-0.2, 0) is 6.42 Å². The van der Waals surface area contributed by atoms with Crippen molar-refractivity contribution in [2.45, 2.75) is 12.8 Å². The van der Waals surface area contributed by atoms with Gasteiger partial charge in [-0.3, -0.25) is 0 Å². The number of fused-ring (bicyclic) bond motifs is 1. The molecule has 21 heavy (non-hydrogen) atoms. The Bertz CT molecular complexity index is 744. The molecule has 0 unspecified atom stereocenters. The van der Waals surface area contributed by atoms with Crippen LogP contribution in [0.2, 0.25) is 0 Å². The quantitative estimate of drug-likeness (QED) is 0.888. The van der Waals surface area contributed by atoms with Crippen molar-refractivity contribution >= 4 is 11.6 Å². The van der Waals surface area contributed by atoms with Gasteiger partial charge in [-0.15, -0.1) is 0 Å². The number of halogens is 1. The summed E-state index contributed by atoms with van der Waals surface area (Å²) in [7, 11) is 1.48. The maximum absolute atomic E-state index is 14.1. The number of allylic oxidation sites excluding steroid dienone is 1. The van der Waals surface area contributed by atoms with Gasteiger partial charge in [0.2, 0.25) is 5.88 Å². The molecule has 0 spiro atoms. The summed E-state index contributed by atoms with van der Waals surface area (Å²) in [6, 6.07) is 4.12. The minimum atomic E-state index is -0.510. The van der Waals surface area contributed by atoms with Crippen molar-refractivity contribution in [1.82, 2.24) is 9.97 Å². The number of hydrogen-bond donors (Lipinski definition) is 2. The van der Waals surface area contributed by atoms with Crippen molar-refractivity contribution < 1.29 is 19.3 Å². The fourth-order valence-electron chi connectivity index (χ4n) is 2.52. The zero-order chi connectivity index (χ0) is 15.0. The molecule has 3 rings (SSSR count). The minimum absolute atomic E-state index is 0.242. The Balaban J connectivity index is 2.15. The molecule has 1 aromatic carbocycles. The first kappa shape index (κ1) is 13.4. The SMILES string of the molecule is COc1cccc(F)c1C1=Cc2nc(O)nc(O)c2CC1. The summed E-state index contributed by atoms with van der Waals surface area (Å²) < 4.78 is 19.3. The molecule has 1 heterocycles. The van der Waals surface area contributed by atoms with Crippen LogP contribution in [0.4, 0.5) is 4.39 Å². The van der Waals surface area contributed by atoms with Crippen LogP contribution in [-0.4, -0.2) is 27.3 Å². The third-order valence-corrected chi connectivity index (χ3v) is 3.48. The third kappa shape index (κ3) is 2.29. The summed E-state index contributed by atoms with van der Waals surface area (Å²) in [5, 5.41) is 19.1. The molecule has 0 saturated heterocycles. The van der Waals surface area contributed by atoms with Gasteiger partial charge in [-0.05, 0) is 36.6 Å². The van der Waals surface area contributed by atoms with Gasteiger partial charge in [0, 0.05) is 5.56 Å². The number of ether oxygens (including phenoxy) is 1. The first-order valence-corrected chi connectivity index (χ1v) is 6.42. The molecule has 0 fully saturated rings. The Morgan fingerprint density at radius 1 is 1.19 bits per heavy atom. The number of nitrogens with zero attached hydrogens (tertiary/aromatic N) is 2. The lowest BCUT2D eigenvalue weighted by molar-refractivity contribution is 0.392. The van der Waals surface area contributed by atoms with Gasteiger partial charge in [-0.25, -0.2) is 4.39 Å². The average molecular weight is 288 g/mol. The number of methoxy groups -OCH3 is 1. The summed E-state index contributed by atoms with van der Waals surface area (Å²) in [5.41, 5.74) is 2.02. The molecule has 108 valence electrons. The predicted octanol–water partition coefficient (Wildman–Crippen LogP) is 2.52. The van der Waals surface area contributed by atoms with Crippen LogP contribution in [0.1, 0.15) is 23.2 Å². The minimum Gasteiger partial charge on any atom is -0.496 e. The lowest BCUT2D eigenvalue weighted by atomic mass is 9.91. The van der Waals surface area contributed by atoms with Crippen molar-refractivity contribution in [3.63, 3.8) is 0 Å². The Kier molecular flexibility index (Phi) is 3.21. The van der Waals surface area contributed by atoms with Crippen molar-refractivity contribution in [2.75, 3.05) is 7.11 Å². The Morgan fingerprint density at radius 2 is 2.00 bits per heavy atom. The van der Waals surface area contributed by atoms with E-state index in [-0.39, 0.29) is 11.7 Å². The second-order valence-electron chi connectivity index (χ2n) is 4.70. The van der Waals surface area contributed by atoms with Crippen LogP contribution < -0.4 is 4.74 Å². The second-order valence-corrected chi connectivity index (χ2v) is 4.70. The maximum atomic E-state index is 14.1. The van der Waals surface area contributed by atoms with E-state index in [9.17, 15) is 14.6 Å². The van der Waals surface area contributed by atoms with E-state index in [0.717, 1.165) is 0 Å². The zero-order valence-electron chi connectivity index (χ0n) is 11.3. The van der Waals surface area contributed by atoms with Gasteiger partial charge >= 0.3 is 6.01 Å². The maximum Gasteiger partial charge on any atom is 0.317 e. The topological polar surface area (TPSA) is 75.5 Å². The average Bonchev–Trinajstić information content (AvgIpc) is 2.46. The molecule has 0 radical (unpaired) electrons. The van der Waals surface area contributed by atoms with Gasteiger partial charge in [-0.1, -0.05) is 6.07 Å². The molecule has 0 atom stereocenters. The van der Waals surface area contributed by atoms with Crippen LogP contribution in [0.5, 0.6) is 17.6 Å². The third-order valence-electron chi connectivity index (χ3n) is 3.48. The van der Waals surface area contributed by atoms with Crippen LogP contribution in [0.3, 0.4) is 0 Å². The van der Waals surface area contributed by atoms with E-state index in [1.807, 2.05) is 0 Å². The van der Waals surface area contributed by atoms with E-state index in [0.29, 0.717) is 41.0 Å². The monoisotopic (exact) mass is 288 g/mol. The number of hydrogen-bond acceptors (Lipinski definition) is 5. The summed E-state index contributed by atoms with van der Waals surface area (Å²) in [4.78, 5) is 7.39. The summed E-state index contributed by atoms with van der Waals surface area (Å²) in [5.74, 6) is -0.188. The van der Waals surface area contributed by atoms with Gasteiger partial charge in [0.05, 0.1) is 18.4 Å². The molecular formula is C15H13FN2O3. The molecule has 0 amide bonds. The van der Waals surface area contributed by atoms with Crippen LogP contribution in [0.25, 0.3) is 11.6 Å². The molecule has 1 aromatic heterocycles. The summed E-state index contributed by atoms with van der Waals surface area (Å²) >= 11 is 0. The van der Waals surface area contributed by atoms with Gasteiger partial charge in [0.1, 0.15) is 11.6 Å². The number of rotatable bonds is 2. The highest BCUT2D eigenvalue weighted by Crippen LogP contribution is 2.38. The van der Waals surface area contributed by atoms with E-state index < -0.39 is 6.01 Å². The predicted molar refractivity (Wildman–Crippen MR) is 74.5 cm³/mol. The first-order valence-electron chi connectivity index (χ1n) is 6.42. The van der Waals surface area contributed by atoms with E-state index in [1.54, 1.807) is 18.2 Å². The highest BCUT2D eigenvalue weighted by atomic mass is 19.1. The number of aromatic hydroxyl groups is 2. The number of benzene rings is 1.